The van der Waals surface area contributed by atoms with Crippen LogP contribution in [0.3, 0.4) is 0 Å². The van der Waals surface area contributed by atoms with Gasteiger partial charge in [0.1, 0.15) is 11.5 Å². The van der Waals surface area contributed by atoms with Crippen molar-refractivity contribution in [3.63, 3.8) is 0 Å². The van der Waals surface area contributed by atoms with Crippen molar-refractivity contribution >= 4 is 39.9 Å². The summed E-state index contributed by atoms with van der Waals surface area (Å²) < 4.78 is 10.4. The zero-order valence-corrected chi connectivity index (χ0v) is 14.4. The van der Waals surface area contributed by atoms with Gasteiger partial charge in [0.25, 0.3) is 0 Å². The smallest absolute Gasteiger partial charge is 0.323 e. The second-order valence-electron chi connectivity index (χ2n) is 5.15. The molecule has 0 aliphatic carbocycles. The first kappa shape index (κ1) is 16.9. The van der Waals surface area contributed by atoms with Crippen molar-refractivity contribution in [1.82, 2.24) is 4.98 Å². The number of carbonyl (C=O) groups is 1. The third kappa shape index (κ3) is 3.59. The Morgan fingerprint density at radius 3 is 2.48 bits per heavy atom. The highest BCUT2D eigenvalue weighted by Crippen LogP contribution is 2.36. The summed E-state index contributed by atoms with van der Waals surface area (Å²) in [5.41, 5.74) is 1.76. The number of pyridine rings is 1. The summed E-state index contributed by atoms with van der Waals surface area (Å²) in [6.45, 7) is 0. The minimum atomic E-state index is -0.430. The highest BCUT2D eigenvalue weighted by atomic mass is 35.5. The third-order valence-electron chi connectivity index (χ3n) is 3.60. The summed E-state index contributed by atoms with van der Waals surface area (Å²) in [5.74, 6) is 0.863. The van der Waals surface area contributed by atoms with Crippen LogP contribution in [0, 0.1) is 0 Å². The van der Waals surface area contributed by atoms with E-state index in [1.165, 1.54) is 14.2 Å². The molecule has 7 heteroatoms. The summed E-state index contributed by atoms with van der Waals surface area (Å²) in [6.07, 6.45) is 1.68. The summed E-state index contributed by atoms with van der Waals surface area (Å²) in [6, 6.07) is 12.1. The third-order valence-corrected chi connectivity index (χ3v) is 3.90. The molecule has 0 atom stereocenters. The number of nitrogens with zero attached hydrogens (tertiary/aromatic N) is 1. The molecule has 1 aromatic heterocycles. The van der Waals surface area contributed by atoms with Crippen molar-refractivity contribution in [2.45, 2.75) is 0 Å². The second-order valence-corrected chi connectivity index (χ2v) is 5.55. The molecule has 0 aliphatic heterocycles. The van der Waals surface area contributed by atoms with Gasteiger partial charge in [-0.3, -0.25) is 4.98 Å². The molecule has 0 aliphatic rings. The number of ether oxygens (including phenoxy) is 2. The van der Waals surface area contributed by atoms with E-state index in [-0.39, 0.29) is 0 Å². The van der Waals surface area contributed by atoms with Crippen molar-refractivity contribution in [3.8, 4) is 11.5 Å². The number of methoxy groups -OCH3 is 2. The molecule has 128 valence electrons. The van der Waals surface area contributed by atoms with Gasteiger partial charge >= 0.3 is 6.03 Å². The highest BCUT2D eigenvalue weighted by Gasteiger charge is 2.13. The zero-order chi connectivity index (χ0) is 17.8. The Balaban J connectivity index is 1.85. The molecule has 25 heavy (non-hydrogen) atoms. The SMILES string of the molecule is COc1cc(NC(=O)Nc2cccc3cccnc23)c(OC)cc1Cl. The van der Waals surface area contributed by atoms with Gasteiger partial charge in [-0.15, -0.1) is 0 Å². The van der Waals surface area contributed by atoms with E-state index in [9.17, 15) is 4.79 Å². The zero-order valence-electron chi connectivity index (χ0n) is 13.7. The number of benzene rings is 2. The minimum absolute atomic E-state index is 0.392. The van der Waals surface area contributed by atoms with Gasteiger partial charge in [0.05, 0.1) is 36.1 Å². The van der Waals surface area contributed by atoms with E-state index in [1.54, 1.807) is 24.4 Å². The fraction of sp³-hybridized carbons (Fsp3) is 0.111. The van der Waals surface area contributed by atoms with Crippen molar-refractivity contribution < 1.29 is 14.3 Å². The lowest BCUT2D eigenvalue weighted by Gasteiger charge is -2.14. The first-order valence-electron chi connectivity index (χ1n) is 7.45. The summed E-state index contributed by atoms with van der Waals surface area (Å²) in [5, 5.41) is 6.86. The molecule has 0 bridgehead atoms. The maximum Gasteiger partial charge on any atom is 0.323 e. The average molecular weight is 358 g/mol. The van der Waals surface area contributed by atoms with Crippen LogP contribution in [0.15, 0.2) is 48.7 Å². The number of para-hydroxylation sites is 1. The summed E-state index contributed by atoms with van der Waals surface area (Å²) >= 11 is 6.07. The molecule has 2 amide bonds. The average Bonchev–Trinajstić information content (AvgIpc) is 2.63. The van der Waals surface area contributed by atoms with Gasteiger partial charge in [-0.05, 0) is 12.1 Å². The number of urea groups is 1. The van der Waals surface area contributed by atoms with Gasteiger partial charge in [-0.1, -0.05) is 29.8 Å². The Morgan fingerprint density at radius 1 is 1.00 bits per heavy atom. The van der Waals surface area contributed by atoms with Crippen molar-refractivity contribution in [2.75, 3.05) is 24.9 Å². The van der Waals surface area contributed by atoms with Crippen LogP contribution >= 0.6 is 11.6 Å². The maximum absolute atomic E-state index is 12.4. The van der Waals surface area contributed by atoms with Gasteiger partial charge < -0.3 is 20.1 Å². The maximum atomic E-state index is 12.4. The Labute approximate surface area is 149 Å². The fourth-order valence-electron chi connectivity index (χ4n) is 2.44. The molecule has 0 saturated carbocycles. The topological polar surface area (TPSA) is 72.5 Å². The lowest BCUT2D eigenvalue weighted by Crippen LogP contribution is -2.20. The minimum Gasteiger partial charge on any atom is -0.495 e. The van der Waals surface area contributed by atoms with E-state index in [0.29, 0.717) is 33.4 Å². The number of rotatable bonds is 4. The molecule has 0 fully saturated rings. The quantitative estimate of drug-likeness (QED) is 0.718. The first-order chi connectivity index (χ1) is 12.1. The van der Waals surface area contributed by atoms with E-state index >= 15 is 0 Å². The van der Waals surface area contributed by atoms with Crippen LogP contribution in [-0.4, -0.2) is 25.2 Å². The molecule has 6 nitrogen and oxygen atoms in total. The molecule has 1 heterocycles. The predicted molar refractivity (Wildman–Crippen MR) is 98.9 cm³/mol. The molecule has 0 unspecified atom stereocenters. The number of aromatic nitrogens is 1. The second kappa shape index (κ2) is 7.27. The van der Waals surface area contributed by atoms with Gasteiger partial charge in [-0.2, -0.15) is 0 Å². The number of hydrogen-bond acceptors (Lipinski definition) is 4. The summed E-state index contributed by atoms with van der Waals surface area (Å²) in [7, 11) is 3.00. The molecule has 2 N–H and O–H groups in total. The van der Waals surface area contributed by atoms with Crippen LogP contribution in [0.4, 0.5) is 16.2 Å². The van der Waals surface area contributed by atoms with Crippen LogP contribution < -0.4 is 20.1 Å². The normalized spacial score (nSPS) is 10.4. The highest BCUT2D eigenvalue weighted by molar-refractivity contribution is 6.32. The van der Waals surface area contributed by atoms with Crippen LogP contribution in [-0.2, 0) is 0 Å². The standard InChI is InChI=1S/C18H16ClN3O3/c1-24-15-10-14(16(25-2)9-12(15)19)22-18(23)21-13-7-3-5-11-6-4-8-20-17(11)13/h3-10H,1-2H3,(H2,21,22,23). The Bertz CT molecular complexity index is 925. The predicted octanol–water partition coefficient (Wildman–Crippen LogP) is 4.55. The number of amides is 2. The molecule has 0 radical (unpaired) electrons. The first-order valence-corrected chi connectivity index (χ1v) is 7.83. The van der Waals surface area contributed by atoms with Crippen molar-refractivity contribution in [3.05, 3.63) is 53.7 Å². The van der Waals surface area contributed by atoms with Crippen LogP contribution in [0.5, 0.6) is 11.5 Å². The number of hydrogen-bond donors (Lipinski definition) is 2. The van der Waals surface area contributed by atoms with Gasteiger partial charge in [-0.25, -0.2) is 4.79 Å². The van der Waals surface area contributed by atoms with E-state index < -0.39 is 6.03 Å². The number of nitrogens with one attached hydrogen (secondary N) is 2. The van der Waals surface area contributed by atoms with E-state index in [1.807, 2.05) is 24.3 Å². The van der Waals surface area contributed by atoms with Gasteiger partial charge in [0, 0.05) is 23.7 Å². The summed E-state index contributed by atoms with van der Waals surface area (Å²) in [4.78, 5) is 16.7. The molecular weight excluding hydrogens is 342 g/mol. The Hall–Kier alpha value is -2.99. The largest absolute Gasteiger partial charge is 0.495 e. The number of carbonyl (C=O) groups excluding carboxylic acids is 1. The van der Waals surface area contributed by atoms with Crippen LogP contribution in [0.2, 0.25) is 5.02 Å². The number of halogens is 1. The fourth-order valence-corrected chi connectivity index (χ4v) is 2.67. The van der Waals surface area contributed by atoms with E-state index in [4.69, 9.17) is 21.1 Å². The van der Waals surface area contributed by atoms with Gasteiger partial charge in [0.2, 0.25) is 0 Å². The molecule has 0 saturated heterocycles. The molecular formula is C18H16ClN3O3. The monoisotopic (exact) mass is 357 g/mol. The van der Waals surface area contributed by atoms with Crippen LogP contribution in [0.1, 0.15) is 0 Å². The lowest BCUT2D eigenvalue weighted by molar-refractivity contribution is 0.262. The molecule has 0 spiro atoms. The Kier molecular flexibility index (Phi) is 4.90. The molecule has 2 aromatic carbocycles. The van der Waals surface area contributed by atoms with Crippen LogP contribution in [0.25, 0.3) is 10.9 Å². The van der Waals surface area contributed by atoms with E-state index in [2.05, 4.69) is 15.6 Å². The Morgan fingerprint density at radius 2 is 1.72 bits per heavy atom. The number of fused-ring (bicyclic) bond motifs is 1. The molecule has 3 aromatic rings. The van der Waals surface area contributed by atoms with Crippen molar-refractivity contribution in [2.24, 2.45) is 0 Å². The van der Waals surface area contributed by atoms with Gasteiger partial charge in [0.15, 0.2) is 0 Å². The molecule has 3 rings (SSSR count). The number of anilines is 2. The van der Waals surface area contributed by atoms with E-state index in [0.717, 1.165) is 5.39 Å². The van der Waals surface area contributed by atoms with Crippen molar-refractivity contribution in [1.29, 1.82) is 0 Å². The lowest BCUT2D eigenvalue weighted by atomic mass is 10.2.